The van der Waals surface area contributed by atoms with Gasteiger partial charge in [-0.05, 0) is 64.3 Å². The first-order valence-electron chi connectivity index (χ1n) is 8.78. The van der Waals surface area contributed by atoms with Crippen LogP contribution in [0.2, 0.25) is 0 Å². The number of nitrogens with one attached hydrogen (secondary N) is 2. The van der Waals surface area contributed by atoms with Gasteiger partial charge in [0.2, 0.25) is 0 Å². The zero-order valence-electron chi connectivity index (χ0n) is 15.9. The molecule has 0 aliphatic heterocycles. The van der Waals surface area contributed by atoms with Crippen molar-refractivity contribution in [2.24, 2.45) is 0 Å². The highest BCUT2D eigenvalue weighted by atomic mass is 16.5. The SMILES string of the molecule is COc1cc(CNCCCCCO)ccc1OCC(=O)NC(C)(C)C. The maximum absolute atomic E-state index is 11.8. The van der Waals surface area contributed by atoms with E-state index in [-0.39, 0.29) is 24.7 Å². The summed E-state index contributed by atoms with van der Waals surface area (Å²) in [5.74, 6) is 1.00. The lowest BCUT2D eigenvalue weighted by molar-refractivity contribution is -0.124. The van der Waals surface area contributed by atoms with Gasteiger partial charge >= 0.3 is 0 Å². The van der Waals surface area contributed by atoms with Crippen molar-refractivity contribution >= 4 is 5.91 Å². The average Bonchev–Trinajstić information content (AvgIpc) is 2.55. The van der Waals surface area contributed by atoms with Gasteiger partial charge in [-0.3, -0.25) is 4.79 Å². The van der Waals surface area contributed by atoms with Crippen LogP contribution in [0.3, 0.4) is 0 Å². The fraction of sp³-hybridized carbons (Fsp3) is 0.632. The lowest BCUT2D eigenvalue weighted by Crippen LogP contribution is -2.43. The van der Waals surface area contributed by atoms with Crippen LogP contribution in [0.1, 0.15) is 45.6 Å². The summed E-state index contributed by atoms with van der Waals surface area (Å²) < 4.78 is 10.9. The van der Waals surface area contributed by atoms with E-state index in [0.717, 1.165) is 37.9 Å². The first kappa shape index (κ1) is 21.3. The third-order valence-corrected chi connectivity index (χ3v) is 3.44. The third-order valence-electron chi connectivity index (χ3n) is 3.44. The van der Waals surface area contributed by atoms with Crippen LogP contribution < -0.4 is 20.1 Å². The van der Waals surface area contributed by atoms with Crippen molar-refractivity contribution in [3.05, 3.63) is 23.8 Å². The number of amides is 1. The third kappa shape index (κ3) is 9.31. The Morgan fingerprint density at radius 1 is 1.16 bits per heavy atom. The highest BCUT2D eigenvalue weighted by Crippen LogP contribution is 2.28. The van der Waals surface area contributed by atoms with Crippen LogP contribution in [-0.2, 0) is 11.3 Å². The van der Waals surface area contributed by atoms with Gasteiger partial charge in [-0.2, -0.15) is 0 Å². The summed E-state index contributed by atoms with van der Waals surface area (Å²) >= 11 is 0. The van der Waals surface area contributed by atoms with Crippen molar-refractivity contribution in [3.8, 4) is 11.5 Å². The van der Waals surface area contributed by atoms with Crippen molar-refractivity contribution in [2.45, 2.75) is 52.1 Å². The molecule has 0 bridgehead atoms. The Morgan fingerprint density at radius 2 is 1.92 bits per heavy atom. The maximum Gasteiger partial charge on any atom is 0.258 e. The normalized spacial score (nSPS) is 11.2. The highest BCUT2D eigenvalue weighted by Gasteiger charge is 2.15. The number of benzene rings is 1. The standard InChI is InChI=1S/C19H32N2O4/c1-19(2,3)21-18(23)14-25-16-9-8-15(12-17(16)24-4)13-20-10-6-5-7-11-22/h8-9,12,20,22H,5-7,10-11,13-14H2,1-4H3,(H,21,23). The Kier molecular flexibility index (Phi) is 9.31. The van der Waals surface area contributed by atoms with E-state index in [0.29, 0.717) is 11.5 Å². The van der Waals surface area contributed by atoms with Gasteiger partial charge in [-0.15, -0.1) is 0 Å². The Balaban J connectivity index is 2.47. The molecule has 0 aliphatic carbocycles. The molecule has 0 unspecified atom stereocenters. The molecular formula is C19H32N2O4. The molecule has 25 heavy (non-hydrogen) atoms. The molecule has 0 fully saturated rings. The van der Waals surface area contributed by atoms with Gasteiger partial charge in [0, 0.05) is 18.7 Å². The zero-order valence-corrected chi connectivity index (χ0v) is 15.9. The largest absolute Gasteiger partial charge is 0.493 e. The number of rotatable bonds is 11. The van der Waals surface area contributed by atoms with E-state index in [9.17, 15) is 4.79 Å². The number of hydrogen-bond donors (Lipinski definition) is 3. The Bertz CT molecular complexity index is 527. The van der Waals surface area contributed by atoms with Gasteiger partial charge in [-0.25, -0.2) is 0 Å². The van der Waals surface area contributed by atoms with Crippen LogP contribution in [0.25, 0.3) is 0 Å². The number of carbonyl (C=O) groups excluding carboxylic acids is 1. The Labute approximate surface area is 150 Å². The predicted molar refractivity (Wildman–Crippen MR) is 99.0 cm³/mol. The lowest BCUT2D eigenvalue weighted by Gasteiger charge is -2.20. The van der Waals surface area contributed by atoms with E-state index >= 15 is 0 Å². The molecule has 6 heteroatoms. The summed E-state index contributed by atoms with van der Waals surface area (Å²) in [5.41, 5.74) is 0.808. The summed E-state index contributed by atoms with van der Waals surface area (Å²) in [5, 5.41) is 15.0. The smallest absolute Gasteiger partial charge is 0.258 e. The molecule has 0 spiro atoms. The van der Waals surface area contributed by atoms with Gasteiger partial charge in [-0.1, -0.05) is 6.07 Å². The number of unbranched alkanes of at least 4 members (excludes halogenated alkanes) is 2. The molecule has 3 N–H and O–H groups in total. The molecule has 0 radical (unpaired) electrons. The summed E-state index contributed by atoms with van der Waals surface area (Å²) in [6.45, 7) is 7.64. The molecule has 1 amide bonds. The van der Waals surface area contributed by atoms with Crippen molar-refractivity contribution in [2.75, 3.05) is 26.9 Å². The minimum atomic E-state index is -0.281. The second-order valence-corrected chi connectivity index (χ2v) is 7.03. The van der Waals surface area contributed by atoms with Gasteiger partial charge in [0.15, 0.2) is 18.1 Å². The predicted octanol–water partition coefficient (Wildman–Crippen LogP) is 2.24. The Hall–Kier alpha value is -1.79. The van der Waals surface area contributed by atoms with Crippen molar-refractivity contribution in [1.29, 1.82) is 0 Å². The van der Waals surface area contributed by atoms with Crippen LogP contribution >= 0.6 is 0 Å². The summed E-state index contributed by atoms with van der Waals surface area (Å²) in [6, 6.07) is 5.70. The summed E-state index contributed by atoms with van der Waals surface area (Å²) in [6.07, 6.45) is 2.92. The lowest BCUT2D eigenvalue weighted by atomic mass is 10.1. The number of aliphatic hydroxyl groups is 1. The number of carbonyl (C=O) groups is 1. The van der Waals surface area contributed by atoms with E-state index in [2.05, 4.69) is 10.6 Å². The molecular weight excluding hydrogens is 320 g/mol. The van der Waals surface area contributed by atoms with Crippen LogP contribution in [-0.4, -0.2) is 43.4 Å². The summed E-state index contributed by atoms with van der Waals surface area (Å²) in [4.78, 5) is 11.8. The first-order valence-corrected chi connectivity index (χ1v) is 8.78. The van der Waals surface area contributed by atoms with Gasteiger partial charge in [0.25, 0.3) is 5.91 Å². The number of aliphatic hydroxyl groups excluding tert-OH is 1. The number of methoxy groups -OCH3 is 1. The molecule has 1 aromatic carbocycles. The average molecular weight is 352 g/mol. The molecule has 142 valence electrons. The maximum atomic E-state index is 11.8. The molecule has 6 nitrogen and oxygen atoms in total. The van der Waals surface area contributed by atoms with Crippen LogP contribution in [0.5, 0.6) is 11.5 Å². The second-order valence-electron chi connectivity index (χ2n) is 7.03. The number of ether oxygens (including phenoxy) is 2. The zero-order chi connectivity index (χ0) is 18.7. The molecule has 1 rings (SSSR count). The van der Waals surface area contributed by atoms with Crippen molar-refractivity contribution < 1.29 is 19.4 Å². The van der Waals surface area contributed by atoms with Crippen molar-refractivity contribution in [3.63, 3.8) is 0 Å². The van der Waals surface area contributed by atoms with Gasteiger partial charge < -0.3 is 25.2 Å². The van der Waals surface area contributed by atoms with E-state index in [4.69, 9.17) is 14.6 Å². The molecule has 1 aromatic rings. The summed E-state index contributed by atoms with van der Waals surface area (Å²) in [7, 11) is 1.59. The first-order chi connectivity index (χ1) is 11.9. The van der Waals surface area contributed by atoms with Crippen molar-refractivity contribution in [1.82, 2.24) is 10.6 Å². The monoisotopic (exact) mass is 352 g/mol. The van der Waals surface area contributed by atoms with E-state index in [1.807, 2.05) is 39.0 Å². The quantitative estimate of drug-likeness (QED) is 0.532. The fourth-order valence-electron chi connectivity index (χ4n) is 2.31. The highest BCUT2D eigenvalue weighted by molar-refractivity contribution is 5.78. The number of hydrogen-bond acceptors (Lipinski definition) is 5. The minimum Gasteiger partial charge on any atom is -0.493 e. The van der Waals surface area contributed by atoms with Gasteiger partial charge in [0.1, 0.15) is 0 Å². The van der Waals surface area contributed by atoms with Crippen LogP contribution in [0.4, 0.5) is 0 Å². The Morgan fingerprint density at radius 3 is 2.56 bits per heavy atom. The topological polar surface area (TPSA) is 79.8 Å². The molecule has 0 aliphatic rings. The fourth-order valence-corrected chi connectivity index (χ4v) is 2.31. The van der Waals surface area contributed by atoms with Crippen LogP contribution in [0, 0.1) is 0 Å². The van der Waals surface area contributed by atoms with E-state index in [1.165, 1.54) is 0 Å². The molecule has 0 aromatic heterocycles. The molecule has 0 atom stereocenters. The molecule has 0 saturated heterocycles. The van der Waals surface area contributed by atoms with Gasteiger partial charge in [0.05, 0.1) is 7.11 Å². The van der Waals surface area contributed by atoms with E-state index in [1.54, 1.807) is 7.11 Å². The molecule has 0 saturated carbocycles. The molecule has 0 heterocycles. The minimum absolute atomic E-state index is 0.0456. The second kappa shape index (κ2) is 10.9. The van der Waals surface area contributed by atoms with E-state index < -0.39 is 0 Å². The van der Waals surface area contributed by atoms with Crippen LogP contribution in [0.15, 0.2) is 18.2 Å².